The molecule has 1 atom stereocenters. The summed E-state index contributed by atoms with van der Waals surface area (Å²) in [6.45, 7) is 8.66. The molecule has 3 rings (SSSR count). The molecule has 112 valence electrons. The van der Waals surface area contributed by atoms with E-state index in [2.05, 4.69) is 54.4 Å². The Morgan fingerprint density at radius 3 is 3.00 bits per heavy atom. The van der Waals surface area contributed by atoms with E-state index < -0.39 is 0 Å². The highest BCUT2D eigenvalue weighted by molar-refractivity contribution is 5.84. The Morgan fingerprint density at radius 2 is 2.19 bits per heavy atom. The number of hydrogen-bond acceptors (Lipinski definition) is 3. The van der Waals surface area contributed by atoms with E-state index in [-0.39, 0.29) is 0 Å². The van der Waals surface area contributed by atoms with Crippen LogP contribution in [0, 0.1) is 5.92 Å². The van der Waals surface area contributed by atoms with Crippen molar-refractivity contribution < 1.29 is 0 Å². The summed E-state index contributed by atoms with van der Waals surface area (Å²) in [7, 11) is 0. The third kappa shape index (κ3) is 3.18. The Morgan fingerprint density at radius 1 is 1.33 bits per heavy atom. The smallest absolute Gasteiger partial charge is 0.129 e. The van der Waals surface area contributed by atoms with Crippen molar-refractivity contribution in [3.05, 3.63) is 35.9 Å². The van der Waals surface area contributed by atoms with Crippen molar-refractivity contribution in [1.82, 2.24) is 10.3 Å². The average Bonchev–Trinajstić information content (AvgIpc) is 2.52. The molecule has 1 aliphatic rings. The number of nitrogens with one attached hydrogen (secondary N) is 1. The molecule has 1 saturated heterocycles. The lowest BCUT2D eigenvalue weighted by Gasteiger charge is -2.32. The first-order chi connectivity index (χ1) is 10.3. The number of nitrogens with zero attached hydrogens (tertiary/aromatic N) is 2. The van der Waals surface area contributed by atoms with Crippen molar-refractivity contribution in [1.29, 1.82) is 0 Å². The minimum absolute atomic E-state index is 0.768. The lowest BCUT2D eigenvalue weighted by molar-refractivity contribution is 0.445. The molecule has 1 aromatic carbocycles. The molecule has 0 aliphatic carbocycles. The van der Waals surface area contributed by atoms with Crippen LogP contribution in [0.15, 0.2) is 30.3 Å². The molecule has 0 bridgehead atoms. The van der Waals surface area contributed by atoms with Gasteiger partial charge in [0.2, 0.25) is 0 Å². The van der Waals surface area contributed by atoms with Gasteiger partial charge in [-0.25, -0.2) is 4.98 Å². The maximum Gasteiger partial charge on any atom is 0.129 e. The number of hydrogen-bond donors (Lipinski definition) is 1. The SMILES string of the molecule is CCNCc1cc(N2CCCC(C)C2)nc2ccccc12. The van der Waals surface area contributed by atoms with Crippen LogP contribution < -0.4 is 10.2 Å². The van der Waals surface area contributed by atoms with Crippen molar-refractivity contribution >= 4 is 16.7 Å². The van der Waals surface area contributed by atoms with Crippen LogP contribution in [-0.4, -0.2) is 24.6 Å². The molecule has 2 heterocycles. The van der Waals surface area contributed by atoms with Gasteiger partial charge >= 0.3 is 0 Å². The Kier molecular flexibility index (Phi) is 4.39. The highest BCUT2D eigenvalue weighted by atomic mass is 15.2. The number of pyridine rings is 1. The van der Waals surface area contributed by atoms with E-state index in [1.165, 1.54) is 23.8 Å². The number of aromatic nitrogens is 1. The zero-order valence-electron chi connectivity index (χ0n) is 13.1. The van der Waals surface area contributed by atoms with Crippen LogP contribution in [0.3, 0.4) is 0 Å². The minimum Gasteiger partial charge on any atom is -0.356 e. The minimum atomic E-state index is 0.768. The predicted octanol–water partition coefficient (Wildman–Crippen LogP) is 3.58. The summed E-state index contributed by atoms with van der Waals surface area (Å²) in [6, 6.07) is 10.8. The van der Waals surface area contributed by atoms with Gasteiger partial charge in [0.05, 0.1) is 5.52 Å². The van der Waals surface area contributed by atoms with Gasteiger partial charge in [0.15, 0.2) is 0 Å². The fourth-order valence-corrected chi connectivity index (χ4v) is 3.20. The van der Waals surface area contributed by atoms with E-state index in [9.17, 15) is 0 Å². The third-order valence-corrected chi connectivity index (χ3v) is 4.33. The van der Waals surface area contributed by atoms with Crippen LogP contribution in [-0.2, 0) is 6.54 Å². The highest BCUT2D eigenvalue weighted by Crippen LogP contribution is 2.26. The molecule has 2 aromatic rings. The Balaban J connectivity index is 1.98. The molecule has 0 saturated carbocycles. The summed E-state index contributed by atoms with van der Waals surface area (Å²) in [5.74, 6) is 1.91. The van der Waals surface area contributed by atoms with Crippen molar-refractivity contribution in [3.63, 3.8) is 0 Å². The van der Waals surface area contributed by atoms with Gasteiger partial charge in [-0.05, 0) is 43.0 Å². The van der Waals surface area contributed by atoms with Crippen LogP contribution >= 0.6 is 0 Å². The summed E-state index contributed by atoms with van der Waals surface area (Å²) in [5, 5.41) is 4.72. The van der Waals surface area contributed by atoms with Gasteiger partial charge in [0.25, 0.3) is 0 Å². The molecule has 1 aromatic heterocycles. The van der Waals surface area contributed by atoms with E-state index in [0.717, 1.165) is 43.4 Å². The molecular formula is C18H25N3. The van der Waals surface area contributed by atoms with Gasteiger partial charge in [-0.3, -0.25) is 0 Å². The summed E-state index contributed by atoms with van der Waals surface area (Å²) in [5.41, 5.74) is 2.47. The molecule has 1 aliphatic heterocycles. The van der Waals surface area contributed by atoms with Crippen molar-refractivity contribution in [2.75, 3.05) is 24.5 Å². The third-order valence-electron chi connectivity index (χ3n) is 4.33. The van der Waals surface area contributed by atoms with Crippen LogP contribution in [0.25, 0.3) is 10.9 Å². The van der Waals surface area contributed by atoms with E-state index in [1.54, 1.807) is 0 Å². The second-order valence-corrected chi connectivity index (χ2v) is 6.13. The van der Waals surface area contributed by atoms with E-state index in [4.69, 9.17) is 4.98 Å². The summed E-state index contributed by atoms with van der Waals surface area (Å²) >= 11 is 0. The molecule has 3 nitrogen and oxygen atoms in total. The van der Waals surface area contributed by atoms with Gasteiger partial charge in [-0.1, -0.05) is 32.0 Å². The van der Waals surface area contributed by atoms with Crippen LogP contribution in [0.5, 0.6) is 0 Å². The van der Waals surface area contributed by atoms with Crippen LogP contribution in [0.4, 0.5) is 5.82 Å². The molecule has 1 unspecified atom stereocenters. The predicted molar refractivity (Wildman–Crippen MR) is 89.7 cm³/mol. The largest absolute Gasteiger partial charge is 0.356 e. The molecule has 0 spiro atoms. The Bertz CT molecular complexity index is 608. The first kappa shape index (κ1) is 14.3. The summed E-state index contributed by atoms with van der Waals surface area (Å²) < 4.78 is 0. The van der Waals surface area contributed by atoms with Crippen molar-refractivity contribution in [2.45, 2.75) is 33.2 Å². The van der Waals surface area contributed by atoms with Crippen molar-refractivity contribution in [2.24, 2.45) is 5.92 Å². The molecule has 3 heteroatoms. The molecule has 0 radical (unpaired) electrons. The standard InChI is InChI=1S/C18H25N3/c1-3-19-12-15-11-18(21-10-6-7-14(2)13-21)20-17-9-5-4-8-16(15)17/h4-5,8-9,11,14,19H,3,6-7,10,12-13H2,1-2H3. The molecular weight excluding hydrogens is 258 g/mol. The first-order valence-electron chi connectivity index (χ1n) is 8.12. The van der Waals surface area contributed by atoms with Crippen molar-refractivity contribution in [3.8, 4) is 0 Å². The van der Waals surface area contributed by atoms with Crippen LogP contribution in [0.1, 0.15) is 32.3 Å². The molecule has 21 heavy (non-hydrogen) atoms. The normalized spacial score (nSPS) is 19.1. The topological polar surface area (TPSA) is 28.2 Å². The van der Waals surface area contributed by atoms with Gasteiger partial charge in [0, 0.05) is 25.0 Å². The highest BCUT2D eigenvalue weighted by Gasteiger charge is 2.18. The second-order valence-electron chi connectivity index (χ2n) is 6.13. The molecule has 1 N–H and O–H groups in total. The molecule has 1 fully saturated rings. The maximum absolute atomic E-state index is 4.90. The van der Waals surface area contributed by atoms with E-state index in [1.807, 2.05) is 0 Å². The quantitative estimate of drug-likeness (QED) is 0.929. The average molecular weight is 283 g/mol. The fourth-order valence-electron chi connectivity index (χ4n) is 3.20. The Labute approximate surface area is 127 Å². The zero-order valence-corrected chi connectivity index (χ0v) is 13.1. The maximum atomic E-state index is 4.90. The Hall–Kier alpha value is -1.61. The van der Waals surface area contributed by atoms with Gasteiger partial charge < -0.3 is 10.2 Å². The fraction of sp³-hybridized carbons (Fsp3) is 0.500. The van der Waals surface area contributed by atoms with Gasteiger partial charge in [0.1, 0.15) is 5.82 Å². The summed E-state index contributed by atoms with van der Waals surface area (Å²) in [4.78, 5) is 7.35. The number of benzene rings is 1. The first-order valence-corrected chi connectivity index (χ1v) is 8.12. The number of fused-ring (bicyclic) bond motifs is 1. The van der Waals surface area contributed by atoms with Gasteiger partial charge in [-0.15, -0.1) is 0 Å². The van der Waals surface area contributed by atoms with E-state index >= 15 is 0 Å². The second kappa shape index (κ2) is 6.44. The van der Waals surface area contributed by atoms with Gasteiger partial charge in [-0.2, -0.15) is 0 Å². The zero-order chi connectivity index (χ0) is 14.7. The monoisotopic (exact) mass is 283 g/mol. The number of para-hydroxylation sites is 1. The number of rotatable bonds is 4. The van der Waals surface area contributed by atoms with Crippen LogP contribution in [0.2, 0.25) is 0 Å². The molecule has 0 amide bonds. The number of anilines is 1. The lowest BCUT2D eigenvalue weighted by Crippen LogP contribution is -2.35. The number of piperidine rings is 1. The lowest BCUT2D eigenvalue weighted by atomic mass is 10.00. The van der Waals surface area contributed by atoms with E-state index in [0.29, 0.717) is 0 Å². The summed E-state index contributed by atoms with van der Waals surface area (Å²) in [6.07, 6.45) is 2.62.